The molecule has 0 amide bonds. The summed E-state index contributed by atoms with van der Waals surface area (Å²) in [6.07, 6.45) is 8.99. The van der Waals surface area contributed by atoms with Crippen molar-refractivity contribution in [3.63, 3.8) is 0 Å². The van der Waals surface area contributed by atoms with Crippen molar-refractivity contribution in [2.75, 3.05) is 0 Å². The lowest BCUT2D eigenvalue weighted by molar-refractivity contribution is -0.385. The maximum absolute atomic E-state index is 11.3. The molecule has 1 aromatic carbocycles. The lowest BCUT2D eigenvalue weighted by atomic mass is 9.81. The average molecular weight is 364 g/mol. The van der Waals surface area contributed by atoms with Crippen LogP contribution in [0.15, 0.2) is 58.1 Å². The average Bonchev–Trinajstić information content (AvgIpc) is 2.51. The van der Waals surface area contributed by atoms with Gasteiger partial charge in [0.2, 0.25) is 0 Å². The minimum atomic E-state index is -0.305. The Kier molecular flexibility index (Phi) is 7.25. The number of halogens is 1. The summed E-state index contributed by atoms with van der Waals surface area (Å²) >= 11 is 3.30. The Bertz CT molecular complexity index is 630. The third-order valence-electron chi connectivity index (χ3n) is 3.48. The van der Waals surface area contributed by atoms with Crippen LogP contribution >= 0.6 is 15.9 Å². The Hall–Kier alpha value is -1.68. The molecule has 0 saturated carbocycles. The number of benzene rings is 1. The van der Waals surface area contributed by atoms with Gasteiger partial charge in [-0.3, -0.25) is 10.1 Å². The quantitative estimate of drug-likeness (QED) is 0.465. The van der Waals surface area contributed by atoms with Gasteiger partial charge in [-0.1, -0.05) is 60.1 Å². The number of allylic oxidation sites excluding steroid dienone is 6. The number of nitro benzene ring substituents is 1. The number of hydrogen-bond donors (Lipinski definition) is 0. The van der Waals surface area contributed by atoms with E-state index in [2.05, 4.69) is 34.2 Å². The Morgan fingerprint density at radius 2 is 2.05 bits per heavy atom. The Morgan fingerprint density at radius 1 is 1.36 bits per heavy atom. The Labute approximate surface area is 140 Å². The molecule has 1 unspecified atom stereocenters. The van der Waals surface area contributed by atoms with Crippen molar-refractivity contribution in [3.8, 4) is 0 Å². The topological polar surface area (TPSA) is 43.1 Å². The third kappa shape index (κ3) is 4.17. The lowest BCUT2D eigenvalue weighted by Gasteiger charge is -2.22. The normalized spacial score (nSPS) is 17.4. The van der Waals surface area contributed by atoms with Gasteiger partial charge in [0.15, 0.2) is 0 Å². The van der Waals surface area contributed by atoms with Gasteiger partial charge in [-0.15, -0.1) is 0 Å². The summed E-state index contributed by atoms with van der Waals surface area (Å²) < 4.78 is 0.729. The maximum atomic E-state index is 11.3. The highest BCUT2D eigenvalue weighted by Gasteiger charge is 2.25. The molecule has 118 valence electrons. The molecule has 0 bridgehead atoms. The van der Waals surface area contributed by atoms with E-state index in [0.29, 0.717) is 0 Å². The largest absolute Gasteiger partial charge is 0.274 e. The van der Waals surface area contributed by atoms with Crippen molar-refractivity contribution in [3.05, 3.63) is 73.8 Å². The fourth-order valence-corrected chi connectivity index (χ4v) is 2.92. The highest BCUT2D eigenvalue weighted by molar-refractivity contribution is 9.10. The first-order valence-electron chi connectivity index (χ1n) is 7.48. The second-order valence-corrected chi connectivity index (χ2v) is 5.70. The Balaban J connectivity index is 0.00000116. The van der Waals surface area contributed by atoms with E-state index in [0.717, 1.165) is 27.6 Å². The predicted molar refractivity (Wildman–Crippen MR) is 96.2 cm³/mol. The van der Waals surface area contributed by atoms with E-state index in [-0.39, 0.29) is 16.5 Å². The van der Waals surface area contributed by atoms with Gasteiger partial charge in [-0.05, 0) is 37.5 Å². The smallest absolute Gasteiger partial charge is 0.258 e. The van der Waals surface area contributed by atoms with Crippen molar-refractivity contribution in [1.29, 1.82) is 0 Å². The molecule has 0 fully saturated rings. The van der Waals surface area contributed by atoms with Gasteiger partial charge in [0.05, 0.1) is 4.92 Å². The SMILES string of the molecule is C/C=C\C1=C(C)C=CCC1c1ccc(Br)cc1[N+](=O)[O-].CC. The summed E-state index contributed by atoms with van der Waals surface area (Å²) in [4.78, 5) is 11.0. The van der Waals surface area contributed by atoms with Crippen LogP contribution in [0.1, 0.15) is 45.6 Å². The standard InChI is InChI=1S/C16H16BrNO2.C2H6/c1-3-5-13-11(2)6-4-7-14(13)15-9-8-12(17)10-16(15)18(19)20;1-2/h3-6,8-10,14H,7H2,1-2H3;1-2H3/b5-3-;. The van der Waals surface area contributed by atoms with E-state index in [9.17, 15) is 10.1 Å². The predicted octanol–water partition coefficient (Wildman–Crippen LogP) is 6.32. The Morgan fingerprint density at radius 3 is 2.64 bits per heavy atom. The van der Waals surface area contributed by atoms with Gasteiger partial charge in [-0.2, -0.15) is 0 Å². The molecular weight excluding hydrogens is 342 g/mol. The first-order valence-corrected chi connectivity index (χ1v) is 8.27. The summed E-state index contributed by atoms with van der Waals surface area (Å²) in [7, 11) is 0. The molecule has 4 heteroatoms. The fraction of sp³-hybridized carbons (Fsp3) is 0.333. The molecule has 3 nitrogen and oxygen atoms in total. The number of rotatable bonds is 3. The van der Waals surface area contributed by atoms with Gasteiger partial charge < -0.3 is 0 Å². The zero-order valence-electron chi connectivity index (χ0n) is 13.5. The van der Waals surface area contributed by atoms with Crippen LogP contribution in [0.5, 0.6) is 0 Å². The van der Waals surface area contributed by atoms with Crippen LogP contribution in [0.4, 0.5) is 5.69 Å². The van der Waals surface area contributed by atoms with Crippen LogP contribution in [-0.4, -0.2) is 4.92 Å². The van der Waals surface area contributed by atoms with Crippen LogP contribution in [0, 0.1) is 10.1 Å². The summed E-state index contributed by atoms with van der Waals surface area (Å²) in [6, 6.07) is 5.29. The molecule has 0 spiro atoms. The molecule has 2 rings (SSSR count). The lowest BCUT2D eigenvalue weighted by Crippen LogP contribution is -2.08. The van der Waals surface area contributed by atoms with E-state index in [4.69, 9.17) is 0 Å². The monoisotopic (exact) mass is 363 g/mol. The summed E-state index contributed by atoms with van der Waals surface area (Å²) in [5, 5.41) is 11.3. The molecule has 1 aliphatic carbocycles. The number of nitro groups is 1. The number of hydrogen-bond acceptors (Lipinski definition) is 2. The highest BCUT2D eigenvalue weighted by atomic mass is 79.9. The van der Waals surface area contributed by atoms with E-state index < -0.39 is 0 Å². The van der Waals surface area contributed by atoms with Gasteiger partial charge in [-0.25, -0.2) is 0 Å². The number of nitrogens with zero attached hydrogens (tertiary/aromatic N) is 1. The van der Waals surface area contributed by atoms with Gasteiger partial charge in [0, 0.05) is 22.0 Å². The van der Waals surface area contributed by atoms with Crippen molar-refractivity contribution in [2.45, 2.75) is 40.0 Å². The van der Waals surface area contributed by atoms with Crippen LogP contribution < -0.4 is 0 Å². The molecule has 0 aliphatic heterocycles. The van der Waals surface area contributed by atoms with Crippen LogP contribution in [0.25, 0.3) is 0 Å². The molecule has 1 atom stereocenters. The van der Waals surface area contributed by atoms with E-state index in [1.807, 2.05) is 45.9 Å². The molecule has 22 heavy (non-hydrogen) atoms. The summed E-state index contributed by atoms with van der Waals surface area (Å²) in [5.41, 5.74) is 3.27. The van der Waals surface area contributed by atoms with Crippen LogP contribution in [-0.2, 0) is 0 Å². The van der Waals surface area contributed by atoms with Crippen LogP contribution in [0.3, 0.4) is 0 Å². The zero-order valence-corrected chi connectivity index (χ0v) is 15.1. The molecule has 0 saturated heterocycles. The van der Waals surface area contributed by atoms with Gasteiger partial charge in [0.1, 0.15) is 0 Å². The fourth-order valence-electron chi connectivity index (χ4n) is 2.57. The molecule has 1 aromatic rings. The first kappa shape index (κ1) is 18.4. The van der Waals surface area contributed by atoms with Crippen molar-refractivity contribution in [1.82, 2.24) is 0 Å². The van der Waals surface area contributed by atoms with Crippen molar-refractivity contribution >= 4 is 21.6 Å². The van der Waals surface area contributed by atoms with Crippen molar-refractivity contribution in [2.24, 2.45) is 0 Å². The maximum Gasteiger partial charge on any atom is 0.274 e. The van der Waals surface area contributed by atoms with E-state index >= 15 is 0 Å². The summed E-state index contributed by atoms with van der Waals surface area (Å²) in [5.74, 6) is 0.0460. The minimum Gasteiger partial charge on any atom is -0.258 e. The van der Waals surface area contributed by atoms with Gasteiger partial charge >= 0.3 is 0 Å². The molecule has 0 N–H and O–H groups in total. The molecule has 0 radical (unpaired) electrons. The van der Waals surface area contributed by atoms with E-state index in [1.165, 1.54) is 0 Å². The first-order chi connectivity index (χ1) is 10.5. The van der Waals surface area contributed by atoms with Crippen LogP contribution in [0.2, 0.25) is 0 Å². The second-order valence-electron chi connectivity index (χ2n) is 4.79. The molecule has 0 aromatic heterocycles. The third-order valence-corrected chi connectivity index (χ3v) is 3.97. The highest BCUT2D eigenvalue weighted by Crippen LogP contribution is 2.40. The van der Waals surface area contributed by atoms with E-state index in [1.54, 1.807) is 6.07 Å². The van der Waals surface area contributed by atoms with Gasteiger partial charge in [0.25, 0.3) is 5.69 Å². The zero-order chi connectivity index (χ0) is 16.7. The molecular formula is C18H22BrNO2. The minimum absolute atomic E-state index is 0.0460. The molecule has 1 aliphatic rings. The second kappa shape index (κ2) is 8.69. The summed E-state index contributed by atoms with van der Waals surface area (Å²) in [6.45, 7) is 8.01. The molecule has 0 heterocycles. The van der Waals surface area contributed by atoms with Crippen molar-refractivity contribution < 1.29 is 4.92 Å².